The van der Waals surface area contributed by atoms with Crippen molar-refractivity contribution in [3.05, 3.63) is 95.3 Å². The zero-order chi connectivity index (χ0) is 38.0. The Bertz CT molecular complexity index is 1780. The lowest BCUT2D eigenvalue weighted by Gasteiger charge is -2.28. The highest BCUT2D eigenvalue weighted by Gasteiger charge is 2.32. The highest BCUT2D eigenvalue weighted by molar-refractivity contribution is 6.00. The summed E-state index contributed by atoms with van der Waals surface area (Å²) in [4.78, 5) is 70.3. The van der Waals surface area contributed by atoms with Crippen LogP contribution in [0, 0.1) is 5.82 Å². The van der Waals surface area contributed by atoms with Crippen molar-refractivity contribution in [3.8, 4) is 11.5 Å². The monoisotopic (exact) mass is 729 g/mol. The highest BCUT2D eigenvalue weighted by Crippen LogP contribution is 2.26. The minimum absolute atomic E-state index is 0.0186. The SMILES string of the molecule is CN1CC(=O)NCCCOc2ccccc2C(=O)N[C@H](C(=O)NCC(C)(C)c2ccc(F)cc2)CCC(=O)N2CCC[C@H]2COc2ccccc2C1=O. The first kappa shape index (κ1) is 38.8. The molecule has 0 aromatic heterocycles. The molecule has 2 atom stereocenters. The third-order valence-electron chi connectivity index (χ3n) is 9.61. The van der Waals surface area contributed by atoms with Crippen molar-refractivity contribution >= 4 is 29.5 Å². The molecule has 0 saturated carbocycles. The summed E-state index contributed by atoms with van der Waals surface area (Å²) in [5, 5.41) is 8.57. The topological polar surface area (TPSA) is 146 Å². The van der Waals surface area contributed by atoms with E-state index in [4.69, 9.17) is 9.47 Å². The Hall–Kier alpha value is -5.46. The predicted octanol–water partition coefficient (Wildman–Crippen LogP) is 3.84. The van der Waals surface area contributed by atoms with Crippen LogP contribution in [-0.2, 0) is 19.8 Å². The highest BCUT2D eigenvalue weighted by atomic mass is 19.1. The van der Waals surface area contributed by atoms with Gasteiger partial charge in [-0.15, -0.1) is 0 Å². The van der Waals surface area contributed by atoms with Gasteiger partial charge in [-0.1, -0.05) is 50.2 Å². The van der Waals surface area contributed by atoms with Crippen molar-refractivity contribution in [1.29, 1.82) is 0 Å². The summed E-state index contributed by atoms with van der Waals surface area (Å²) in [6.45, 7) is 4.98. The minimum atomic E-state index is -1.06. The fraction of sp³-hybridized carbons (Fsp3) is 0.425. The molecule has 5 rings (SSSR count). The van der Waals surface area contributed by atoms with Crippen LogP contribution in [0.4, 0.5) is 4.39 Å². The van der Waals surface area contributed by atoms with Crippen LogP contribution in [0.15, 0.2) is 72.8 Å². The summed E-state index contributed by atoms with van der Waals surface area (Å²) >= 11 is 0. The summed E-state index contributed by atoms with van der Waals surface area (Å²) in [6.07, 6.45) is 1.88. The second kappa shape index (κ2) is 17.8. The number of fused-ring (bicyclic) bond motifs is 3. The van der Waals surface area contributed by atoms with Crippen molar-refractivity contribution in [2.24, 2.45) is 0 Å². The summed E-state index contributed by atoms with van der Waals surface area (Å²) < 4.78 is 25.7. The van der Waals surface area contributed by atoms with Gasteiger partial charge in [-0.2, -0.15) is 0 Å². The fourth-order valence-corrected chi connectivity index (χ4v) is 6.45. The normalized spacial score (nSPS) is 19.8. The number of halogens is 1. The van der Waals surface area contributed by atoms with Crippen molar-refractivity contribution in [3.63, 3.8) is 0 Å². The van der Waals surface area contributed by atoms with Crippen molar-refractivity contribution < 1.29 is 37.8 Å². The Labute approximate surface area is 309 Å². The van der Waals surface area contributed by atoms with Gasteiger partial charge in [0, 0.05) is 38.5 Å². The Kier molecular flexibility index (Phi) is 13.1. The molecule has 5 amide bonds. The molecular weight excluding hydrogens is 681 g/mol. The number of likely N-dealkylation sites (N-methyl/N-ethyl adjacent to an activating group) is 1. The average molecular weight is 730 g/mol. The van der Waals surface area contributed by atoms with Gasteiger partial charge in [0.2, 0.25) is 17.7 Å². The summed E-state index contributed by atoms with van der Waals surface area (Å²) in [5.41, 5.74) is 0.774. The lowest BCUT2D eigenvalue weighted by molar-refractivity contribution is -0.133. The molecular formula is C40H48FN5O7. The maximum absolute atomic E-state index is 13.8. The molecule has 2 aliphatic rings. The zero-order valence-electron chi connectivity index (χ0n) is 30.5. The first-order valence-corrected chi connectivity index (χ1v) is 18.0. The third kappa shape index (κ3) is 10.3. The predicted molar refractivity (Wildman–Crippen MR) is 196 cm³/mol. The van der Waals surface area contributed by atoms with Gasteiger partial charge in [-0.25, -0.2) is 4.39 Å². The minimum Gasteiger partial charge on any atom is -0.493 e. The Morgan fingerprint density at radius 2 is 1.58 bits per heavy atom. The number of amides is 5. The van der Waals surface area contributed by atoms with Gasteiger partial charge in [0.05, 0.1) is 30.3 Å². The lowest BCUT2D eigenvalue weighted by atomic mass is 9.84. The second-order valence-electron chi connectivity index (χ2n) is 14.1. The van der Waals surface area contributed by atoms with Crippen LogP contribution in [0.1, 0.15) is 72.2 Å². The van der Waals surface area contributed by atoms with Gasteiger partial charge in [0.25, 0.3) is 11.8 Å². The van der Waals surface area contributed by atoms with Gasteiger partial charge >= 0.3 is 0 Å². The van der Waals surface area contributed by atoms with E-state index in [0.29, 0.717) is 36.4 Å². The molecule has 0 bridgehead atoms. The van der Waals surface area contributed by atoms with Gasteiger partial charge in [-0.3, -0.25) is 24.0 Å². The average Bonchev–Trinajstić information content (AvgIpc) is 3.63. The molecule has 3 N–H and O–H groups in total. The number of carbonyl (C=O) groups excluding carboxylic acids is 5. The Morgan fingerprint density at radius 3 is 2.32 bits per heavy atom. The van der Waals surface area contributed by atoms with E-state index in [9.17, 15) is 28.4 Å². The number of para-hydroxylation sites is 2. The van der Waals surface area contributed by atoms with Gasteiger partial charge < -0.3 is 35.2 Å². The number of carbonyl (C=O) groups is 5. The number of benzene rings is 3. The van der Waals surface area contributed by atoms with Crippen LogP contribution in [0.25, 0.3) is 0 Å². The molecule has 2 heterocycles. The van der Waals surface area contributed by atoms with E-state index >= 15 is 0 Å². The van der Waals surface area contributed by atoms with Crippen LogP contribution in [-0.4, -0.2) is 97.9 Å². The van der Waals surface area contributed by atoms with Gasteiger partial charge in [0.15, 0.2) is 0 Å². The zero-order valence-corrected chi connectivity index (χ0v) is 30.5. The van der Waals surface area contributed by atoms with E-state index in [1.807, 2.05) is 13.8 Å². The Balaban J connectivity index is 1.36. The standard InChI is InChI=1S/C40H48FN5O7/c1-40(2,27-15-17-28(41)18-16-27)26-43-38(50)32-19-20-36(48)46-22-8-10-29(46)25-53-34-14-7-5-12-31(34)39(51)45(3)24-35(47)42-21-9-23-52-33-13-6-4-11-30(33)37(49)44-32/h4-7,11-18,29,32H,8-10,19-26H2,1-3H3,(H,42,47)(H,43,50)(H,44,49)/t29-,32-/m0/s1. The number of rotatable bonds is 4. The molecule has 0 radical (unpaired) electrons. The number of hydrogen-bond acceptors (Lipinski definition) is 7. The lowest BCUT2D eigenvalue weighted by Crippen LogP contribution is -2.50. The molecule has 53 heavy (non-hydrogen) atoms. The van der Waals surface area contributed by atoms with Crippen molar-refractivity contribution in [2.45, 2.75) is 63.5 Å². The van der Waals surface area contributed by atoms with Gasteiger partial charge in [0.1, 0.15) is 30.0 Å². The third-order valence-corrected chi connectivity index (χ3v) is 9.61. The van der Waals surface area contributed by atoms with Crippen LogP contribution in [0.3, 0.4) is 0 Å². The maximum Gasteiger partial charge on any atom is 0.257 e. The molecule has 3 aromatic carbocycles. The quantitative estimate of drug-likeness (QED) is 0.370. The van der Waals surface area contributed by atoms with E-state index in [0.717, 1.165) is 12.0 Å². The summed E-state index contributed by atoms with van der Waals surface area (Å²) in [6, 6.07) is 18.2. The molecule has 1 saturated heterocycles. The van der Waals surface area contributed by atoms with Crippen LogP contribution in [0.2, 0.25) is 0 Å². The summed E-state index contributed by atoms with van der Waals surface area (Å²) in [5.74, 6) is -1.63. The number of ether oxygens (including phenoxy) is 2. The van der Waals surface area contributed by atoms with Crippen molar-refractivity contribution in [1.82, 2.24) is 25.8 Å². The fourth-order valence-electron chi connectivity index (χ4n) is 6.45. The molecule has 1 fully saturated rings. The maximum atomic E-state index is 13.8. The van der Waals surface area contributed by atoms with Crippen LogP contribution < -0.4 is 25.4 Å². The van der Waals surface area contributed by atoms with E-state index in [2.05, 4.69) is 16.0 Å². The van der Waals surface area contributed by atoms with E-state index in [1.54, 1.807) is 72.6 Å². The second-order valence-corrected chi connectivity index (χ2v) is 14.1. The summed E-state index contributed by atoms with van der Waals surface area (Å²) in [7, 11) is 1.54. The molecule has 0 unspecified atom stereocenters. The van der Waals surface area contributed by atoms with E-state index < -0.39 is 23.3 Å². The molecule has 12 nitrogen and oxygen atoms in total. The van der Waals surface area contributed by atoms with Crippen LogP contribution in [0.5, 0.6) is 11.5 Å². The Morgan fingerprint density at radius 1 is 0.906 bits per heavy atom. The molecule has 0 aliphatic carbocycles. The molecule has 282 valence electrons. The number of nitrogens with zero attached hydrogens (tertiary/aromatic N) is 2. The van der Waals surface area contributed by atoms with E-state index in [1.165, 1.54) is 17.0 Å². The van der Waals surface area contributed by atoms with Gasteiger partial charge in [-0.05, 0) is 67.6 Å². The first-order chi connectivity index (χ1) is 25.4. The molecule has 3 aromatic rings. The largest absolute Gasteiger partial charge is 0.493 e. The molecule has 0 spiro atoms. The number of hydrogen-bond donors (Lipinski definition) is 3. The number of nitrogens with one attached hydrogen (secondary N) is 3. The molecule has 13 heteroatoms. The smallest absolute Gasteiger partial charge is 0.257 e. The first-order valence-electron chi connectivity index (χ1n) is 18.0. The molecule has 2 aliphatic heterocycles. The van der Waals surface area contributed by atoms with Crippen LogP contribution >= 0.6 is 0 Å². The van der Waals surface area contributed by atoms with E-state index in [-0.39, 0.29) is 80.8 Å². The van der Waals surface area contributed by atoms with Crippen molar-refractivity contribution in [2.75, 3.05) is 46.4 Å².